The summed E-state index contributed by atoms with van der Waals surface area (Å²) in [5.74, 6) is -0.802. The van der Waals surface area contributed by atoms with Gasteiger partial charge in [0, 0.05) is 12.0 Å². The van der Waals surface area contributed by atoms with Crippen molar-refractivity contribution in [2.75, 3.05) is 6.61 Å². The lowest BCUT2D eigenvalue weighted by molar-refractivity contribution is -0.134. The summed E-state index contributed by atoms with van der Waals surface area (Å²) in [6.07, 6.45) is 0.719. The van der Waals surface area contributed by atoms with Gasteiger partial charge in [0.25, 0.3) is 0 Å². The van der Waals surface area contributed by atoms with Gasteiger partial charge in [-0.1, -0.05) is 30.3 Å². The second-order valence-electron chi connectivity index (χ2n) is 2.85. The molecule has 0 unspecified atom stereocenters. The highest BCUT2D eigenvalue weighted by molar-refractivity contribution is 6.21. The van der Waals surface area contributed by atoms with Crippen molar-refractivity contribution in [2.45, 2.75) is 6.42 Å². The highest BCUT2D eigenvalue weighted by Gasteiger charge is 2.05. The molecule has 4 nitrogen and oxygen atoms in total. The number of hydrogen-bond donors (Lipinski definition) is 1. The number of nitrogens with one attached hydrogen (secondary N) is 1. The molecule has 0 aliphatic rings. The molecule has 0 radical (unpaired) electrons. The van der Waals surface area contributed by atoms with Crippen molar-refractivity contribution in [3.8, 4) is 0 Å². The number of Topliss-reactive ketones (excluding diaryl/α,β-unsaturated/α-hetero) is 1. The molecular formula is C11H11NO3. The van der Waals surface area contributed by atoms with E-state index in [1.165, 1.54) is 0 Å². The average molecular weight is 205 g/mol. The SMILES string of the molecule is N=CC(=O)OCCC(=O)c1ccccc1. The Morgan fingerprint density at radius 2 is 1.93 bits per heavy atom. The van der Waals surface area contributed by atoms with Gasteiger partial charge in [-0.2, -0.15) is 0 Å². The first-order valence-electron chi connectivity index (χ1n) is 4.49. The number of carbonyl (C=O) groups is 2. The standard InChI is InChI=1S/C11H11NO3/c12-8-11(14)15-7-6-10(13)9-4-2-1-3-5-9/h1-5,8,12H,6-7H2. The van der Waals surface area contributed by atoms with Gasteiger partial charge < -0.3 is 10.1 Å². The Hall–Kier alpha value is -1.97. The first-order valence-corrected chi connectivity index (χ1v) is 4.49. The van der Waals surface area contributed by atoms with Crippen LogP contribution in [0.25, 0.3) is 0 Å². The van der Waals surface area contributed by atoms with E-state index in [2.05, 4.69) is 4.74 Å². The summed E-state index contributed by atoms with van der Waals surface area (Å²) in [7, 11) is 0. The predicted octanol–water partition coefficient (Wildman–Crippen LogP) is 1.45. The normalized spacial score (nSPS) is 9.33. The van der Waals surface area contributed by atoms with E-state index in [0.717, 1.165) is 0 Å². The van der Waals surface area contributed by atoms with Crippen molar-refractivity contribution in [1.82, 2.24) is 0 Å². The van der Waals surface area contributed by atoms with E-state index in [0.29, 0.717) is 11.8 Å². The maximum atomic E-state index is 11.5. The quantitative estimate of drug-likeness (QED) is 0.449. The topological polar surface area (TPSA) is 67.2 Å². The molecule has 0 aliphatic heterocycles. The van der Waals surface area contributed by atoms with E-state index in [1.807, 2.05) is 6.07 Å². The molecule has 0 aliphatic carbocycles. The number of ketones is 1. The minimum Gasteiger partial charge on any atom is -0.461 e. The van der Waals surface area contributed by atoms with Gasteiger partial charge in [0.05, 0.1) is 6.61 Å². The highest BCUT2D eigenvalue weighted by Crippen LogP contribution is 2.02. The van der Waals surface area contributed by atoms with E-state index in [1.54, 1.807) is 24.3 Å². The van der Waals surface area contributed by atoms with Gasteiger partial charge in [-0.05, 0) is 0 Å². The number of benzene rings is 1. The molecule has 0 atom stereocenters. The first-order chi connectivity index (χ1) is 7.24. The van der Waals surface area contributed by atoms with Crippen LogP contribution in [0.15, 0.2) is 30.3 Å². The first kappa shape index (κ1) is 11.1. The number of ether oxygens (including phenoxy) is 1. The molecule has 1 N–H and O–H groups in total. The van der Waals surface area contributed by atoms with E-state index >= 15 is 0 Å². The Morgan fingerprint density at radius 3 is 2.53 bits per heavy atom. The molecule has 1 aromatic carbocycles. The molecule has 0 bridgehead atoms. The molecule has 0 saturated carbocycles. The van der Waals surface area contributed by atoms with Crippen molar-refractivity contribution in [3.05, 3.63) is 35.9 Å². The lowest BCUT2D eigenvalue weighted by Gasteiger charge is -2.01. The molecule has 0 fully saturated rings. The summed E-state index contributed by atoms with van der Waals surface area (Å²) in [4.78, 5) is 22.0. The van der Waals surface area contributed by atoms with Crippen LogP contribution in [0.1, 0.15) is 16.8 Å². The number of hydrogen-bond acceptors (Lipinski definition) is 4. The zero-order chi connectivity index (χ0) is 11.1. The summed E-state index contributed by atoms with van der Waals surface area (Å²) < 4.78 is 4.58. The van der Waals surface area contributed by atoms with Gasteiger partial charge in [0.2, 0.25) is 0 Å². The number of esters is 1. The maximum absolute atomic E-state index is 11.5. The fourth-order valence-corrected chi connectivity index (χ4v) is 1.05. The van der Waals surface area contributed by atoms with Crippen molar-refractivity contribution < 1.29 is 14.3 Å². The van der Waals surface area contributed by atoms with Crippen molar-refractivity contribution in [1.29, 1.82) is 5.41 Å². The van der Waals surface area contributed by atoms with Gasteiger partial charge in [-0.15, -0.1) is 0 Å². The fraction of sp³-hybridized carbons (Fsp3) is 0.182. The second kappa shape index (κ2) is 5.70. The van der Waals surface area contributed by atoms with Crippen LogP contribution in [0.3, 0.4) is 0 Å². The van der Waals surface area contributed by atoms with Crippen LogP contribution in [0.5, 0.6) is 0 Å². The Morgan fingerprint density at radius 1 is 1.27 bits per heavy atom. The van der Waals surface area contributed by atoms with E-state index in [-0.39, 0.29) is 18.8 Å². The molecule has 1 rings (SSSR count). The van der Waals surface area contributed by atoms with Gasteiger partial charge in [-0.3, -0.25) is 4.79 Å². The van der Waals surface area contributed by atoms with Crippen LogP contribution in [-0.4, -0.2) is 24.6 Å². The average Bonchev–Trinajstić information content (AvgIpc) is 2.29. The predicted molar refractivity (Wildman–Crippen MR) is 55.1 cm³/mol. The van der Waals surface area contributed by atoms with E-state index < -0.39 is 5.97 Å². The third-order valence-corrected chi connectivity index (χ3v) is 1.79. The van der Waals surface area contributed by atoms with Crippen LogP contribution < -0.4 is 0 Å². The van der Waals surface area contributed by atoms with Crippen molar-refractivity contribution >= 4 is 18.0 Å². The molecule has 15 heavy (non-hydrogen) atoms. The van der Waals surface area contributed by atoms with Crippen molar-refractivity contribution in [2.24, 2.45) is 0 Å². The van der Waals surface area contributed by atoms with Gasteiger partial charge in [0.15, 0.2) is 5.78 Å². The Labute approximate surface area is 87.4 Å². The van der Waals surface area contributed by atoms with E-state index in [9.17, 15) is 9.59 Å². The molecule has 0 spiro atoms. The van der Waals surface area contributed by atoms with Crippen LogP contribution >= 0.6 is 0 Å². The summed E-state index contributed by atoms with van der Waals surface area (Å²) in [6, 6.07) is 8.79. The summed E-state index contributed by atoms with van der Waals surface area (Å²) in [5, 5.41) is 6.57. The maximum Gasteiger partial charge on any atom is 0.348 e. The van der Waals surface area contributed by atoms with Gasteiger partial charge in [0.1, 0.15) is 6.21 Å². The van der Waals surface area contributed by atoms with Crippen LogP contribution in [0.2, 0.25) is 0 Å². The summed E-state index contributed by atoms with van der Waals surface area (Å²) in [5.41, 5.74) is 0.600. The van der Waals surface area contributed by atoms with Crippen molar-refractivity contribution in [3.63, 3.8) is 0 Å². The fourth-order valence-electron chi connectivity index (χ4n) is 1.05. The molecule has 0 saturated heterocycles. The molecule has 0 amide bonds. The highest BCUT2D eigenvalue weighted by atomic mass is 16.5. The monoisotopic (exact) mass is 205 g/mol. The van der Waals surface area contributed by atoms with E-state index in [4.69, 9.17) is 5.41 Å². The Bertz CT molecular complexity index is 359. The minimum absolute atomic E-state index is 0.0158. The third-order valence-electron chi connectivity index (χ3n) is 1.79. The smallest absolute Gasteiger partial charge is 0.348 e. The largest absolute Gasteiger partial charge is 0.461 e. The lowest BCUT2D eigenvalue weighted by atomic mass is 10.1. The molecule has 1 aromatic rings. The third kappa shape index (κ3) is 3.72. The zero-order valence-electron chi connectivity index (χ0n) is 8.10. The van der Waals surface area contributed by atoms with Gasteiger partial charge in [-0.25, -0.2) is 4.79 Å². The second-order valence-corrected chi connectivity index (χ2v) is 2.85. The zero-order valence-corrected chi connectivity index (χ0v) is 8.10. The Balaban J connectivity index is 2.37. The molecular weight excluding hydrogens is 194 g/mol. The van der Waals surface area contributed by atoms with Crippen LogP contribution in [-0.2, 0) is 9.53 Å². The summed E-state index contributed by atoms with van der Waals surface area (Å²) in [6.45, 7) is 0.0158. The molecule has 4 heteroatoms. The number of rotatable bonds is 5. The van der Waals surface area contributed by atoms with Crippen LogP contribution in [0, 0.1) is 5.41 Å². The van der Waals surface area contributed by atoms with Gasteiger partial charge >= 0.3 is 5.97 Å². The Kier molecular flexibility index (Phi) is 4.22. The number of carbonyl (C=O) groups excluding carboxylic acids is 2. The molecule has 0 heterocycles. The minimum atomic E-state index is -0.726. The van der Waals surface area contributed by atoms with Crippen LogP contribution in [0.4, 0.5) is 0 Å². The molecule has 78 valence electrons. The molecule has 0 aromatic heterocycles. The summed E-state index contributed by atoms with van der Waals surface area (Å²) >= 11 is 0. The lowest BCUT2D eigenvalue weighted by Crippen LogP contribution is -2.10.